The Hall–Kier alpha value is -3.00. The van der Waals surface area contributed by atoms with E-state index in [1.54, 1.807) is 42.6 Å². The van der Waals surface area contributed by atoms with Crippen LogP contribution >= 0.6 is 11.6 Å². The van der Waals surface area contributed by atoms with Crippen LogP contribution in [0.5, 0.6) is 0 Å². The van der Waals surface area contributed by atoms with Crippen LogP contribution in [0, 0.1) is 0 Å². The van der Waals surface area contributed by atoms with E-state index in [1.165, 1.54) is 4.90 Å². The summed E-state index contributed by atoms with van der Waals surface area (Å²) in [5.41, 5.74) is 1.49. The zero-order valence-electron chi connectivity index (χ0n) is 16.5. The highest BCUT2D eigenvalue weighted by Gasteiger charge is 2.37. The summed E-state index contributed by atoms with van der Waals surface area (Å²) in [5.74, 6) is -3.18. The minimum Gasteiger partial charge on any atom is -0.351 e. The Kier molecular flexibility index (Phi) is 5.91. The molecule has 6 nitrogen and oxygen atoms in total. The van der Waals surface area contributed by atoms with Gasteiger partial charge < -0.3 is 5.32 Å². The number of amides is 2. The quantitative estimate of drug-likeness (QED) is 0.542. The van der Waals surface area contributed by atoms with E-state index in [-0.39, 0.29) is 25.7 Å². The molecule has 1 aliphatic rings. The number of hydrogen-bond acceptors (Lipinski definition) is 3. The van der Waals surface area contributed by atoms with E-state index in [9.17, 15) is 18.4 Å². The van der Waals surface area contributed by atoms with Crippen molar-refractivity contribution >= 4 is 40.5 Å². The molecule has 9 heteroatoms. The van der Waals surface area contributed by atoms with Gasteiger partial charge >= 0.3 is 0 Å². The third kappa shape index (κ3) is 4.39. The van der Waals surface area contributed by atoms with Gasteiger partial charge in [0.25, 0.3) is 0 Å². The first kappa shape index (κ1) is 21.2. The van der Waals surface area contributed by atoms with Gasteiger partial charge in [0.2, 0.25) is 18.2 Å². The van der Waals surface area contributed by atoms with Crippen molar-refractivity contribution in [3.05, 3.63) is 59.2 Å². The van der Waals surface area contributed by atoms with E-state index in [2.05, 4.69) is 15.5 Å². The van der Waals surface area contributed by atoms with E-state index in [0.29, 0.717) is 28.2 Å². The third-order valence-corrected chi connectivity index (χ3v) is 5.98. The van der Waals surface area contributed by atoms with E-state index >= 15 is 0 Å². The summed E-state index contributed by atoms with van der Waals surface area (Å²) in [4.78, 5) is 26.9. The molecule has 1 aliphatic carbocycles. The largest absolute Gasteiger partial charge is 0.351 e. The first-order chi connectivity index (χ1) is 14.9. The van der Waals surface area contributed by atoms with Crippen LogP contribution in [0.4, 0.5) is 14.5 Å². The number of alkyl halides is 2. The molecule has 2 amide bonds. The fraction of sp³-hybridized carbons (Fsp3) is 0.318. The van der Waals surface area contributed by atoms with E-state index in [0.717, 1.165) is 5.39 Å². The predicted molar refractivity (Wildman–Crippen MR) is 114 cm³/mol. The fourth-order valence-electron chi connectivity index (χ4n) is 4.00. The lowest BCUT2D eigenvalue weighted by Crippen LogP contribution is -2.46. The molecule has 0 aliphatic heterocycles. The van der Waals surface area contributed by atoms with Crippen LogP contribution < -0.4 is 10.2 Å². The van der Waals surface area contributed by atoms with Crippen molar-refractivity contribution in [1.82, 2.24) is 15.5 Å². The van der Waals surface area contributed by atoms with Crippen LogP contribution in [0.25, 0.3) is 10.9 Å². The number of nitrogens with one attached hydrogen (secondary N) is 2. The van der Waals surface area contributed by atoms with Gasteiger partial charge in [-0.2, -0.15) is 5.10 Å². The number of carbonyl (C=O) groups excluding carboxylic acids is 2. The number of rotatable bonds is 6. The molecule has 4 rings (SSSR count). The normalized spacial score (nSPS) is 17.3. The monoisotopic (exact) mass is 446 g/mol. The summed E-state index contributed by atoms with van der Waals surface area (Å²) in [6.45, 7) is 0. The first-order valence-corrected chi connectivity index (χ1v) is 10.4. The SMILES string of the molecule is O=CN(c1cccc2cn[nH]c12)C(C(=O)NC1CCC(F)(F)CC1)c1ccccc1Cl. The lowest BCUT2D eigenvalue weighted by molar-refractivity contribution is -0.125. The number of aromatic nitrogens is 2. The number of nitrogens with zero attached hydrogens (tertiary/aromatic N) is 2. The Morgan fingerprint density at radius 1 is 1.23 bits per heavy atom. The van der Waals surface area contributed by atoms with Gasteiger partial charge in [0.15, 0.2) is 0 Å². The second-order valence-electron chi connectivity index (χ2n) is 7.69. The third-order valence-electron chi connectivity index (χ3n) is 5.64. The molecular formula is C22H21ClF2N4O2. The second-order valence-corrected chi connectivity index (χ2v) is 8.09. The van der Waals surface area contributed by atoms with Crippen LogP contribution in [0.15, 0.2) is 48.7 Å². The van der Waals surface area contributed by atoms with Gasteiger partial charge in [0.1, 0.15) is 6.04 Å². The Morgan fingerprint density at radius 3 is 2.68 bits per heavy atom. The van der Waals surface area contributed by atoms with Crippen molar-refractivity contribution < 1.29 is 18.4 Å². The average molecular weight is 447 g/mol. The second kappa shape index (κ2) is 8.63. The molecule has 0 spiro atoms. The molecule has 0 radical (unpaired) electrons. The molecule has 1 heterocycles. The maximum Gasteiger partial charge on any atom is 0.248 e. The Morgan fingerprint density at radius 2 is 1.97 bits per heavy atom. The van der Waals surface area contributed by atoms with Crippen LogP contribution in [0.3, 0.4) is 0 Å². The molecule has 162 valence electrons. The summed E-state index contributed by atoms with van der Waals surface area (Å²) in [6.07, 6.45) is 1.97. The summed E-state index contributed by atoms with van der Waals surface area (Å²) >= 11 is 6.39. The number of halogens is 3. The molecule has 1 fully saturated rings. The van der Waals surface area contributed by atoms with E-state index in [1.807, 2.05) is 6.07 Å². The lowest BCUT2D eigenvalue weighted by Gasteiger charge is -2.33. The van der Waals surface area contributed by atoms with Gasteiger partial charge in [-0.1, -0.05) is 41.9 Å². The summed E-state index contributed by atoms with van der Waals surface area (Å²) in [5, 5.41) is 10.8. The molecule has 2 N–H and O–H groups in total. The number of carbonyl (C=O) groups is 2. The summed E-state index contributed by atoms with van der Waals surface area (Å²) in [7, 11) is 0. The zero-order valence-corrected chi connectivity index (χ0v) is 17.3. The van der Waals surface area contributed by atoms with Gasteiger partial charge in [0.05, 0.1) is 17.4 Å². The smallest absolute Gasteiger partial charge is 0.248 e. The molecular weight excluding hydrogens is 426 g/mol. The number of benzene rings is 2. The van der Waals surface area contributed by atoms with Crippen molar-refractivity contribution in [2.75, 3.05) is 4.90 Å². The molecule has 1 unspecified atom stereocenters. The van der Waals surface area contributed by atoms with Crippen LogP contribution in [-0.4, -0.2) is 34.5 Å². The number of hydrogen-bond donors (Lipinski definition) is 2. The molecule has 0 bridgehead atoms. The number of aromatic amines is 1. The maximum absolute atomic E-state index is 13.5. The number of fused-ring (bicyclic) bond motifs is 1. The van der Waals surface area contributed by atoms with Crippen LogP contribution in [0.1, 0.15) is 37.3 Å². The lowest BCUT2D eigenvalue weighted by atomic mass is 9.91. The Bertz CT molecular complexity index is 1090. The van der Waals surface area contributed by atoms with E-state index in [4.69, 9.17) is 11.6 Å². The van der Waals surface area contributed by atoms with Crippen molar-refractivity contribution in [3.63, 3.8) is 0 Å². The van der Waals surface area contributed by atoms with Gasteiger partial charge in [-0.05, 0) is 25.0 Å². The van der Waals surface area contributed by atoms with Gasteiger partial charge in [-0.3, -0.25) is 19.6 Å². The highest BCUT2D eigenvalue weighted by molar-refractivity contribution is 6.31. The van der Waals surface area contributed by atoms with Crippen molar-refractivity contribution in [3.8, 4) is 0 Å². The van der Waals surface area contributed by atoms with Crippen molar-refractivity contribution in [2.24, 2.45) is 0 Å². The van der Waals surface area contributed by atoms with Crippen LogP contribution in [-0.2, 0) is 9.59 Å². The predicted octanol–water partition coefficient (Wildman–Crippen LogP) is 4.61. The van der Waals surface area contributed by atoms with Crippen molar-refractivity contribution in [2.45, 2.75) is 43.7 Å². The fourth-order valence-corrected chi connectivity index (χ4v) is 4.24. The van der Waals surface area contributed by atoms with Crippen LogP contribution in [0.2, 0.25) is 5.02 Å². The highest BCUT2D eigenvalue weighted by atomic mass is 35.5. The Balaban J connectivity index is 1.70. The van der Waals surface area contributed by atoms with Gasteiger partial charge in [0, 0.05) is 34.9 Å². The molecule has 1 aromatic heterocycles. The summed E-state index contributed by atoms with van der Waals surface area (Å²) < 4.78 is 27.0. The number of H-pyrrole nitrogens is 1. The molecule has 1 atom stereocenters. The van der Waals surface area contributed by atoms with Gasteiger partial charge in [-0.25, -0.2) is 8.78 Å². The molecule has 1 saturated carbocycles. The van der Waals surface area contributed by atoms with Crippen molar-refractivity contribution in [1.29, 1.82) is 0 Å². The molecule has 3 aromatic rings. The maximum atomic E-state index is 13.5. The van der Waals surface area contributed by atoms with E-state index < -0.39 is 23.9 Å². The topological polar surface area (TPSA) is 78.1 Å². The Labute approximate surface area is 182 Å². The molecule has 0 saturated heterocycles. The number of para-hydroxylation sites is 1. The first-order valence-electron chi connectivity index (χ1n) is 9.98. The number of anilines is 1. The highest BCUT2D eigenvalue weighted by Crippen LogP contribution is 2.36. The minimum atomic E-state index is -2.70. The minimum absolute atomic E-state index is 0.172. The molecule has 31 heavy (non-hydrogen) atoms. The summed E-state index contributed by atoms with van der Waals surface area (Å²) in [6, 6.07) is 10.6. The zero-order chi connectivity index (χ0) is 22.0. The van der Waals surface area contributed by atoms with Gasteiger partial charge in [-0.15, -0.1) is 0 Å². The molecule has 2 aromatic carbocycles. The average Bonchev–Trinajstić information content (AvgIpc) is 3.23. The standard InChI is InChI=1S/C22H21ClF2N4O2/c23-17-6-2-1-5-16(17)20(21(31)27-15-8-10-22(24,25)11-9-15)29(13-30)18-7-3-4-14-12-26-28-19(14)18/h1-7,12-13,15,20H,8-11H2,(H,26,28)(H,27,31).